The highest BCUT2D eigenvalue weighted by molar-refractivity contribution is 5.97. The number of hydrogen-bond donors (Lipinski definition) is 1. The normalized spacial score (nSPS) is 10.1. The SMILES string of the molecule is CCc1c(-c2ccccc2)ccc(OC(=O)O)c1C(=O)OC. The zero-order valence-electron chi connectivity index (χ0n) is 12.3. The van der Waals surface area contributed by atoms with Crippen LogP contribution in [0.3, 0.4) is 0 Å². The molecule has 0 fully saturated rings. The molecule has 2 aromatic carbocycles. The summed E-state index contributed by atoms with van der Waals surface area (Å²) in [7, 11) is 1.25. The average Bonchev–Trinajstić information content (AvgIpc) is 2.53. The number of benzene rings is 2. The third kappa shape index (κ3) is 3.09. The van der Waals surface area contributed by atoms with Crippen LogP contribution in [-0.2, 0) is 11.2 Å². The van der Waals surface area contributed by atoms with Crippen molar-refractivity contribution in [1.29, 1.82) is 0 Å². The van der Waals surface area contributed by atoms with Crippen LogP contribution in [0.4, 0.5) is 4.79 Å². The summed E-state index contributed by atoms with van der Waals surface area (Å²) in [4.78, 5) is 22.9. The van der Waals surface area contributed by atoms with E-state index in [9.17, 15) is 9.59 Å². The maximum Gasteiger partial charge on any atom is 0.511 e. The summed E-state index contributed by atoms with van der Waals surface area (Å²) in [6.45, 7) is 1.89. The second-order valence-corrected chi connectivity index (χ2v) is 4.54. The van der Waals surface area contributed by atoms with Crippen LogP contribution >= 0.6 is 0 Å². The van der Waals surface area contributed by atoms with Gasteiger partial charge in [-0.05, 0) is 29.2 Å². The number of hydrogen-bond acceptors (Lipinski definition) is 4. The van der Waals surface area contributed by atoms with Crippen molar-refractivity contribution in [2.45, 2.75) is 13.3 Å². The van der Waals surface area contributed by atoms with E-state index in [1.807, 2.05) is 37.3 Å². The zero-order valence-corrected chi connectivity index (χ0v) is 12.3. The molecule has 0 heterocycles. The highest BCUT2D eigenvalue weighted by Gasteiger charge is 2.22. The lowest BCUT2D eigenvalue weighted by Gasteiger charge is -2.15. The van der Waals surface area contributed by atoms with Gasteiger partial charge in [0.25, 0.3) is 0 Å². The Bertz CT molecular complexity index is 692. The van der Waals surface area contributed by atoms with Gasteiger partial charge in [-0.1, -0.05) is 43.3 Å². The van der Waals surface area contributed by atoms with E-state index in [1.54, 1.807) is 6.07 Å². The van der Waals surface area contributed by atoms with E-state index < -0.39 is 12.1 Å². The minimum atomic E-state index is -1.47. The Kier molecular flexibility index (Phi) is 4.78. The molecule has 0 atom stereocenters. The van der Waals surface area contributed by atoms with Crippen molar-refractivity contribution in [2.75, 3.05) is 7.11 Å². The van der Waals surface area contributed by atoms with Crippen molar-refractivity contribution < 1.29 is 24.2 Å². The molecule has 0 amide bonds. The van der Waals surface area contributed by atoms with E-state index in [1.165, 1.54) is 13.2 Å². The summed E-state index contributed by atoms with van der Waals surface area (Å²) < 4.78 is 9.50. The lowest BCUT2D eigenvalue weighted by atomic mass is 9.93. The molecule has 0 saturated carbocycles. The summed E-state index contributed by atoms with van der Waals surface area (Å²) in [5, 5.41) is 8.82. The molecule has 0 radical (unpaired) electrons. The molecule has 0 unspecified atom stereocenters. The summed E-state index contributed by atoms with van der Waals surface area (Å²) in [5.41, 5.74) is 2.62. The Hall–Kier alpha value is -2.82. The van der Waals surface area contributed by atoms with Crippen molar-refractivity contribution in [3.05, 3.63) is 53.6 Å². The van der Waals surface area contributed by atoms with Crippen LogP contribution in [-0.4, -0.2) is 24.3 Å². The number of carbonyl (C=O) groups excluding carboxylic acids is 1. The van der Waals surface area contributed by atoms with Gasteiger partial charge in [0.05, 0.1) is 7.11 Å². The summed E-state index contributed by atoms with van der Waals surface area (Å²) in [5.74, 6) is -0.637. The molecular weight excluding hydrogens is 284 g/mol. The Morgan fingerprint density at radius 2 is 1.77 bits per heavy atom. The van der Waals surface area contributed by atoms with Gasteiger partial charge in [0.2, 0.25) is 0 Å². The van der Waals surface area contributed by atoms with E-state index >= 15 is 0 Å². The number of ether oxygens (including phenoxy) is 2. The second kappa shape index (κ2) is 6.76. The van der Waals surface area contributed by atoms with E-state index in [-0.39, 0.29) is 11.3 Å². The van der Waals surface area contributed by atoms with Crippen molar-refractivity contribution in [1.82, 2.24) is 0 Å². The van der Waals surface area contributed by atoms with Crippen LogP contribution in [0.1, 0.15) is 22.8 Å². The molecule has 0 aliphatic heterocycles. The molecule has 5 heteroatoms. The average molecular weight is 300 g/mol. The van der Waals surface area contributed by atoms with Crippen LogP contribution < -0.4 is 4.74 Å². The van der Waals surface area contributed by atoms with Crippen LogP contribution in [0.5, 0.6) is 5.75 Å². The van der Waals surface area contributed by atoms with E-state index in [0.29, 0.717) is 12.0 Å². The molecule has 0 spiro atoms. The Morgan fingerprint density at radius 3 is 2.32 bits per heavy atom. The highest BCUT2D eigenvalue weighted by Crippen LogP contribution is 2.33. The number of rotatable bonds is 4. The number of esters is 1. The molecule has 1 N–H and O–H groups in total. The van der Waals surface area contributed by atoms with Crippen LogP contribution in [0, 0.1) is 0 Å². The molecule has 0 aliphatic carbocycles. The number of carboxylic acid groups (broad SMARTS) is 1. The summed E-state index contributed by atoms with van der Waals surface area (Å²) in [6.07, 6.45) is -0.939. The fourth-order valence-electron chi connectivity index (χ4n) is 2.39. The van der Waals surface area contributed by atoms with Crippen LogP contribution in [0.25, 0.3) is 11.1 Å². The lowest BCUT2D eigenvalue weighted by molar-refractivity contribution is 0.0595. The third-order valence-corrected chi connectivity index (χ3v) is 3.30. The molecular formula is C17H16O5. The van der Waals surface area contributed by atoms with E-state index in [2.05, 4.69) is 0 Å². The van der Waals surface area contributed by atoms with Gasteiger partial charge in [0.15, 0.2) is 0 Å². The standard InChI is InChI=1S/C17H16O5/c1-3-12-13(11-7-5-4-6-8-11)9-10-14(22-17(19)20)15(12)16(18)21-2/h4-10H,3H2,1-2H3,(H,19,20). The maximum absolute atomic E-state index is 12.1. The molecule has 22 heavy (non-hydrogen) atoms. The Morgan fingerprint density at radius 1 is 1.09 bits per heavy atom. The predicted octanol–water partition coefficient (Wildman–Crippen LogP) is 3.76. The van der Waals surface area contributed by atoms with Gasteiger partial charge in [-0.3, -0.25) is 0 Å². The van der Waals surface area contributed by atoms with Gasteiger partial charge in [-0.15, -0.1) is 0 Å². The van der Waals surface area contributed by atoms with Crippen molar-refractivity contribution >= 4 is 12.1 Å². The van der Waals surface area contributed by atoms with Gasteiger partial charge < -0.3 is 14.6 Å². The van der Waals surface area contributed by atoms with Gasteiger partial charge in [0, 0.05) is 0 Å². The Balaban J connectivity index is 2.68. The monoisotopic (exact) mass is 300 g/mol. The van der Waals surface area contributed by atoms with Crippen molar-refractivity contribution in [2.24, 2.45) is 0 Å². The van der Waals surface area contributed by atoms with Crippen LogP contribution in [0.15, 0.2) is 42.5 Å². The summed E-state index contributed by atoms with van der Waals surface area (Å²) >= 11 is 0. The van der Waals surface area contributed by atoms with E-state index in [4.69, 9.17) is 14.6 Å². The van der Waals surface area contributed by atoms with E-state index in [0.717, 1.165) is 11.1 Å². The quantitative estimate of drug-likeness (QED) is 0.687. The van der Waals surface area contributed by atoms with Gasteiger partial charge >= 0.3 is 12.1 Å². The first-order valence-electron chi connectivity index (χ1n) is 6.78. The highest BCUT2D eigenvalue weighted by atomic mass is 16.7. The first-order chi connectivity index (χ1) is 10.6. The smallest absolute Gasteiger partial charge is 0.465 e. The second-order valence-electron chi connectivity index (χ2n) is 4.54. The number of carbonyl (C=O) groups is 2. The van der Waals surface area contributed by atoms with Gasteiger partial charge in [-0.25, -0.2) is 9.59 Å². The molecule has 5 nitrogen and oxygen atoms in total. The van der Waals surface area contributed by atoms with Gasteiger partial charge in [-0.2, -0.15) is 0 Å². The van der Waals surface area contributed by atoms with Crippen LogP contribution in [0.2, 0.25) is 0 Å². The zero-order chi connectivity index (χ0) is 16.1. The largest absolute Gasteiger partial charge is 0.511 e. The van der Waals surface area contributed by atoms with Crippen molar-refractivity contribution in [3.63, 3.8) is 0 Å². The maximum atomic E-state index is 12.1. The lowest BCUT2D eigenvalue weighted by Crippen LogP contribution is -2.13. The minimum absolute atomic E-state index is 0.0177. The minimum Gasteiger partial charge on any atom is -0.465 e. The molecule has 2 rings (SSSR count). The molecule has 114 valence electrons. The first kappa shape index (κ1) is 15.6. The molecule has 2 aromatic rings. The molecule has 0 bridgehead atoms. The fourth-order valence-corrected chi connectivity index (χ4v) is 2.39. The predicted molar refractivity (Wildman–Crippen MR) is 81.2 cm³/mol. The molecule has 0 aromatic heterocycles. The fraction of sp³-hybridized carbons (Fsp3) is 0.176. The number of methoxy groups -OCH3 is 1. The first-order valence-corrected chi connectivity index (χ1v) is 6.78. The topological polar surface area (TPSA) is 72.8 Å². The van der Waals surface area contributed by atoms with Gasteiger partial charge in [0.1, 0.15) is 11.3 Å². The third-order valence-electron chi connectivity index (χ3n) is 3.30. The molecule has 0 saturated heterocycles. The molecule has 0 aliphatic rings. The van der Waals surface area contributed by atoms with Crippen molar-refractivity contribution in [3.8, 4) is 16.9 Å². The summed E-state index contributed by atoms with van der Waals surface area (Å²) in [6, 6.07) is 12.8. The Labute approximate surface area is 128 Å².